The number of benzene rings is 1. The van der Waals surface area contributed by atoms with Gasteiger partial charge >= 0.3 is 5.97 Å². The molecule has 20 heavy (non-hydrogen) atoms. The number of hydrogen-bond acceptors (Lipinski definition) is 5. The molecular weight excluding hydrogens is 299 g/mol. The summed E-state index contributed by atoms with van der Waals surface area (Å²) in [6, 6.07) is 6.02. The summed E-state index contributed by atoms with van der Waals surface area (Å²) in [5, 5.41) is 17.7. The summed E-state index contributed by atoms with van der Waals surface area (Å²) in [6.45, 7) is 1.64. The molecule has 0 aliphatic carbocycles. The topological polar surface area (TPSA) is 74.0 Å². The average Bonchev–Trinajstić information content (AvgIpc) is 2.77. The molecule has 1 aromatic heterocycles. The first-order valence-corrected chi connectivity index (χ1v) is 7.33. The molecule has 0 saturated heterocycles. The molecule has 0 amide bonds. The van der Waals surface area contributed by atoms with Crippen molar-refractivity contribution in [3.63, 3.8) is 0 Å². The number of halogens is 1. The predicted molar refractivity (Wildman–Crippen MR) is 74.5 cm³/mol. The minimum atomic E-state index is -0.996. The van der Waals surface area contributed by atoms with E-state index in [1.807, 2.05) is 6.07 Å². The lowest BCUT2D eigenvalue weighted by molar-refractivity contribution is 0.0701. The Hall–Kier alpha value is -1.91. The van der Waals surface area contributed by atoms with Crippen LogP contribution >= 0.6 is 23.1 Å². The lowest BCUT2D eigenvalue weighted by atomic mass is 10.1. The third-order valence-electron chi connectivity index (χ3n) is 2.42. The molecular formula is C13H9FN2O2S2. The fraction of sp³-hybridized carbons (Fsp3) is 0.154. The van der Waals surface area contributed by atoms with Crippen LogP contribution in [-0.2, 0) is 5.75 Å². The van der Waals surface area contributed by atoms with Crippen LogP contribution in [0.25, 0.3) is 0 Å². The molecule has 0 aliphatic rings. The monoisotopic (exact) mass is 308 g/mol. The van der Waals surface area contributed by atoms with Gasteiger partial charge < -0.3 is 5.11 Å². The molecule has 0 saturated carbocycles. The van der Waals surface area contributed by atoms with Gasteiger partial charge in [-0.2, -0.15) is 5.26 Å². The van der Waals surface area contributed by atoms with Crippen LogP contribution < -0.4 is 0 Å². The molecule has 0 spiro atoms. The summed E-state index contributed by atoms with van der Waals surface area (Å²) < 4.78 is 13.9. The second kappa shape index (κ2) is 6.03. The lowest BCUT2D eigenvalue weighted by Crippen LogP contribution is -1.94. The van der Waals surface area contributed by atoms with E-state index in [9.17, 15) is 9.18 Å². The molecule has 0 radical (unpaired) electrons. The van der Waals surface area contributed by atoms with Gasteiger partial charge in [0.1, 0.15) is 10.7 Å². The van der Waals surface area contributed by atoms with Crippen LogP contribution in [-0.4, -0.2) is 16.1 Å². The zero-order chi connectivity index (χ0) is 14.7. The summed E-state index contributed by atoms with van der Waals surface area (Å²) in [6.07, 6.45) is 0. The SMILES string of the molecule is Cc1nc(SCc2cc(F)cc(C#N)c2)sc1C(=O)O. The average molecular weight is 308 g/mol. The quantitative estimate of drug-likeness (QED) is 0.876. The normalized spacial score (nSPS) is 10.2. The fourth-order valence-electron chi connectivity index (χ4n) is 1.58. The Kier molecular flexibility index (Phi) is 4.37. The number of thiazole rings is 1. The molecule has 0 aliphatic heterocycles. The van der Waals surface area contributed by atoms with Crippen molar-refractivity contribution in [2.24, 2.45) is 0 Å². The first kappa shape index (κ1) is 14.5. The molecule has 2 rings (SSSR count). The number of aromatic nitrogens is 1. The van der Waals surface area contributed by atoms with Crippen LogP contribution in [0.4, 0.5) is 4.39 Å². The third kappa shape index (κ3) is 3.35. The summed E-state index contributed by atoms with van der Waals surface area (Å²) >= 11 is 2.42. The van der Waals surface area contributed by atoms with Crippen molar-refractivity contribution in [2.75, 3.05) is 0 Å². The van der Waals surface area contributed by atoms with E-state index in [2.05, 4.69) is 4.98 Å². The Morgan fingerprint density at radius 3 is 2.90 bits per heavy atom. The van der Waals surface area contributed by atoms with Crippen molar-refractivity contribution in [1.82, 2.24) is 4.98 Å². The molecule has 4 nitrogen and oxygen atoms in total. The summed E-state index contributed by atoms with van der Waals surface area (Å²) in [5.74, 6) is -1.02. The second-order valence-corrected chi connectivity index (χ2v) is 6.17. The van der Waals surface area contributed by atoms with Gasteiger partial charge in [-0.3, -0.25) is 0 Å². The van der Waals surface area contributed by atoms with E-state index in [0.717, 1.165) is 11.3 Å². The van der Waals surface area contributed by atoms with Gasteiger partial charge in [-0.05, 0) is 30.7 Å². The molecule has 0 bridgehead atoms. The van der Waals surface area contributed by atoms with E-state index >= 15 is 0 Å². The minimum Gasteiger partial charge on any atom is -0.477 e. The number of nitrogens with zero attached hydrogens (tertiary/aromatic N) is 2. The van der Waals surface area contributed by atoms with E-state index in [4.69, 9.17) is 10.4 Å². The maximum atomic E-state index is 13.3. The van der Waals surface area contributed by atoms with Crippen LogP contribution in [0.2, 0.25) is 0 Å². The smallest absolute Gasteiger partial charge is 0.347 e. The van der Waals surface area contributed by atoms with Crippen LogP contribution in [0.3, 0.4) is 0 Å². The number of rotatable bonds is 4. The number of aryl methyl sites for hydroxylation is 1. The molecule has 1 N–H and O–H groups in total. The summed E-state index contributed by atoms with van der Waals surface area (Å²) in [5.41, 5.74) is 1.40. The number of hydrogen-bond donors (Lipinski definition) is 1. The van der Waals surface area contributed by atoms with Gasteiger partial charge in [-0.1, -0.05) is 11.8 Å². The molecule has 0 atom stereocenters. The van der Waals surface area contributed by atoms with Crippen molar-refractivity contribution in [3.8, 4) is 6.07 Å². The second-order valence-electron chi connectivity index (χ2n) is 3.95. The van der Waals surface area contributed by atoms with E-state index in [-0.39, 0.29) is 10.4 Å². The van der Waals surface area contributed by atoms with Crippen LogP contribution in [0, 0.1) is 24.1 Å². The first-order chi connectivity index (χ1) is 9.49. The standard InChI is InChI=1S/C13H9FN2O2S2/c1-7-11(12(17)18)20-13(16-7)19-6-9-2-8(5-15)3-10(14)4-9/h2-4H,6H2,1H3,(H,17,18). The van der Waals surface area contributed by atoms with Crippen molar-refractivity contribution < 1.29 is 14.3 Å². The lowest BCUT2D eigenvalue weighted by Gasteiger charge is -2.00. The Labute approximate surface area is 122 Å². The maximum absolute atomic E-state index is 13.3. The summed E-state index contributed by atoms with van der Waals surface area (Å²) in [7, 11) is 0. The van der Waals surface area contributed by atoms with Gasteiger partial charge in [0.25, 0.3) is 0 Å². The summed E-state index contributed by atoms with van der Waals surface area (Å²) in [4.78, 5) is 15.3. The largest absolute Gasteiger partial charge is 0.477 e. The highest BCUT2D eigenvalue weighted by Gasteiger charge is 2.14. The molecule has 7 heteroatoms. The highest BCUT2D eigenvalue weighted by molar-refractivity contribution is 8.00. The minimum absolute atomic E-state index is 0.212. The van der Waals surface area contributed by atoms with Gasteiger partial charge in [-0.15, -0.1) is 11.3 Å². The maximum Gasteiger partial charge on any atom is 0.347 e. The van der Waals surface area contributed by atoms with E-state index in [1.54, 1.807) is 13.0 Å². The first-order valence-electron chi connectivity index (χ1n) is 5.52. The van der Waals surface area contributed by atoms with Crippen molar-refractivity contribution in [2.45, 2.75) is 17.0 Å². The number of carbonyl (C=O) groups is 1. The van der Waals surface area contributed by atoms with E-state index in [1.165, 1.54) is 23.9 Å². The molecule has 102 valence electrons. The predicted octanol–water partition coefficient (Wildman–Crippen LogP) is 3.45. The molecule has 0 fully saturated rings. The Morgan fingerprint density at radius 1 is 1.55 bits per heavy atom. The molecule has 1 aromatic carbocycles. The van der Waals surface area contributed by atoms with Crippen LogP contribution in [0.5, 0.6) is 0 Å². The van der Waals surface area contributed by atoms with Gasteiger partial charge in [-0.25, -0.2) is 14.2 Å². The Bertz CT molecular complexity index is 707. The fourth-order valence-corrected chi connectivity index (χ4v) is 3.53. The van der Waals surface area contributed by atoms with Crippen LogP contribution in [0.15, 0.2) is 22.5 Å². The number of nitriles is 1. The molecule has 1 heterocycles. The number of carboxylic acid groups (broad SMARTS) is 1. The highest BCUT2D eigenvalue weighted by Crippen LogP contribution is 2.30. The van der Waals surface area contributed by atoms with Gasteiger partial charge in [0.2, 0.25) is 0 Å². The van der Waals surface area contributed by atoms with Gasteiger partial charge in [0.05, 0.1) is 17.3 Å². The molecule has 0 unspecified atom stereocenters. The van der Waals surface area contributed by atoms with Gasteiger partial charge in [0.15, 0.2) is 4.34 Å². The Balaban J connectivity index is 2.13. The molecule has 2 aromatic rings. The zero-order valence-electron chi connectivity index (χ0n) is 10.4. The van der Waals surface area contributed by atoms with Crippen LogP contribution in [0.1, 0.15) is 26.5 Å². The van der Waals surface area contributed by atoms with E-state index in [0.29, 0.717) is 21.3 Å². The van der Waals surface area contributed by atoms with Crippen molar-refractivity contribution >= 4 is 29.1 Å². The van der Waals surface area contributed by atoms with Gasteiger partial charge in [0, 0.05) is 5.75 Å². The van der Waals surface area contributed by atoms with Crippen molar-refractivity contribution in [3.05, 3.63) is 45.7 Å². The number of aromatic carboxylic acids is 1. The number of carboxylic acids is 1. The van der Waals surface area contributed by atoms with Crippen molar-refractivity contribution in [1.29, 1.82) is 5.26 Å². The number of thioether (sulfide) groups is 1. The van der Waals surface area contributed by atoms with E-state index < -0.39 is 11.8 Å². The Morgan fingerprint density at radius 2 is 2.30 bits per heavy atom. The third-order valence-corrected chi connectivity index (χ3v) is 4.78. The zero-order valence-corrected chi connectivity index (χ0v) is 12.0. The highest BCUT2D eigenvalue weighted by atomic mass is 32.2.